The maximum atomic E-state index is 11.6. The highest BCUT2D eigenvalue weighted by Gasteiger charge is 2.02. The minimum Gasteiger partial charge on any atom is -0.484 e. The maximum absolute atomic E-state index is 11.6. The topological polar surface area (TPSA) is 76.7 Å². The summed E-state index contributed by atoms with van der Waals surface area (Å²) in [6.45, 7) is 1.73. The molecule has 0 radical (unpaired) electrons. The van der Waals surface area contributed by atoms with E-state index >= 15 is 0 Å². The molecule has 5 heteroatoms. The molecule has 0 aromatic heterocycles. The zero-order chi connectivity index (χ0) is 15.1. The molecular formula is C16H17N3O2. The first kappa shape index (κ1) is 14.6. The van der Waals surface area contributed by atoms with Crippen LogP contribution in [0.5, 0.6) is 5.75 Å². The molecule has 0 bridgehead atoms. The summed E-state index contributed by atoms with van der Waals surface area (Å²) in [6, 6.07) is 16.4. The molecule has 0 heterocycles. The number of hydrazone groups is 1. The van der Waals surface area contributed by atoms with Crippen molar-refractivity contribution in [2.24, 2.45) is 5.10 Å². The summed E-state index contributed by atoms with van der Waals surface area (Å²) in [6.07, 6.45) is 0. The van der Waals surface area contributed by atoms with E-state index in [2.05, 4.69) is 10.5 Å². The molecule has 0 saturated carbocycles. The average molecular weight is 283 g/mol. The molecule has 2 aromatic rings. The van der Waals surface area contributed by atoms with Crippen molar-refractivity contribution in [3.8, 4) is 5.75 Å². The summed E-state index contributed by atoms with van der Waals surface area (Å²) in [5.41, 5.74) is 10.4. The number of hydrogen-bond acceptors (Lipinski definition) is 4. The lowest BCUT2D eigenvalue weighted by Crippen LogP contribution is -2.25. The fourth-order valence-electron chi connectivity index (χ4n) is 1.63. The summed E-state index contributed by atoms with van der Waals surface area (Å²) < 4.78 is 5.32. The van der Waals surface area contributed by atoms with E-state index in [1.54, 1.807) is 24.3 Å². The third kappa shape index (κ3) is 4.65. The number of anilines is 1. The summed E-state index contributed by atoms with van der Waals surface area (Å²) in [5, 5.41) is 4.03. The van der Waals surface area contributed by atoms with Gasteiger partial charge in [0.1, 0.15) is 5.75 Å². The van der Waals surface area contributed by atoms with E-state index in [0.717, 1.165) is 5.56 Å². The van der Waals surface area contributed by atoms with E-state index in [9.17, 15) is 4.79 Å². The number of amides is 1. The lowest BCUT2D eigenvalue weighted by molar-refractivity contribution is -0.123. The highest BCUT2D eigenvalue weighted by Crippen LogP contribution is 2.08. The number of ether oxygens (including phenoxy) is 1. The van der Waals surface area contributed by atoms with Crippen LogP contribution >= 0.6 is 0 Å². The lowest BCUT2D eigenvalue weighted by atomic mass is 10.1. The van der Waals surface area contributed by atoms with Gasteiger partial charge in [-0.15, -0.1) is 0 Å². The Balaban J connectivity index is 1.85. The normalized spacial score (nSPS) is 11.0. The Morgan fingerprint density at radius 1 is 1.14 bits per heavy atom. The van der Waals surface area contributed by atoms with Gasteiger partial charge in [-0.05, 0) is 36.8 Å². The molecule has 5 nitrogen and oxygen atoms in total. The SMILES string of the molecule is CC(=NNC(=O)COc1ccccc1)c1ccc(N)cc1. The second-order valence-electron chi connectivity index (χ2n) is 4.46. The quantitative estimate of drug-likeness (QED) is 0.501. The molecule has 0 atom stereocenters. The van der Waals surface area contributed by atoms with Crippen molar-refractivity contribution in [1.29, 1.82) is 0 Å². The Hall–Kier alpha value is -2.82. The fourth-order valence-corrected chi connectivity index (χ4v) is 1.63. The smallest absolute Gasteiger partial charge is 0.277 e. The van der Waals surface area contributed by atoms with Crippen LogP contribution in [0.2, 0.25) is 0 Å². The number of carbonyl (C=O) groups excluding carboxylic acids is 1. The van der Waals surface area contributed by atoms with Gasteiger partial charge >= 0.3 is 0 Å². The minimum atomic E-state index is -0.311. The molecule has 0 spiro atoms. The van der Waals surface area contributed by atoms with E-state index < -0.39 is 0 Å². The molecule has 2 rings (SSSR count). The molecule has 0 aliphatic carbocycles. The number of nitrogens with zero attached hydrogens (tertiary/aromatic N) is 1. The van der Waals surface area contributed by atoms with E-state index in [1.807, 2.05) is 37.3 Å². The predicted octanol–water partition coefficient (Wildman–Crippen LogP) is 2.19. The standard InChI is InChI=1S/C16H17N3O2/c1-12(13-7-9-14(17)10-8-13)18-19-16(20)11-21-15-5-3-2-4-6-15/h2-10H,11,17H2,1H3,(H,19,20). The number of para-hydroxylation sites is 1. The Labute approximate surface area is 123 Å². The van der Waals surface area contributed by atoms with Gasteiger partial charge in [0.25, 0.3) is 5.91 Å². The second kappa shape index (κ2) is 7.09. The zero-order valence-corrected chi connectivity index (χ0v) is 11.7. The number of nitrogens with one attached hydrogen (secondary N) is 1. The molecule has 1 amide bonds. The van der Waals surface area contributed by atoms with Gasteiger partial charge in [-0.2, -0.15) is 5.10 Å². The van der Waals surface area contributed by atoms with Gasteiger partial charge in [0.15, 0.2) is 6.61 Å². The summed E-state index contributed by atoms with van der Waals surface area (Å²) in [4.78, 5) is 11.6. The van der Waals surface area contributed by atoms with Gasteiger partial charge in [-0.25, -0.2) is 5.43 Å². The highest BCUT2D eigenvalue weighted by atomic mass is 16.5. The van der Waals surface area contributed by atoms with E-state index in [1.165, 1.54) is 0 Å². The molecule has 3 N–H and O–H groups in total. The summed E-state index contributed by atoms with van der Waals surface area (Å²) in [7, 11) is 0. The molecule has 0 saturated heterocycles. The van der Waals surface area contributed by atoms with Gasteiger partial charge in [0.05, 0.1) is 5.71 Å². The first-order valence-corrected chi connectivity index (χ1v) is 6.52. The first-order valence-electron chi connectivity index (χ1n) is 6.52. The van der Waals surface area contributed by atoms with Crippen LogP contribution in [0.25, 0.3) is 0 Å². The van der Waals surface area contributed by atoms with Crippen molar-refractivity contribution in [3.63, 3.8) is 0 Å². The van der Waals surface area contributed by atoms with Gasteiger partial charge in [-0.1, -0.05) is 30.3 Å². The van der Waals surface area contributed by atoms with Crippen LogP contribution in [-0.4, -0.2) is 18.2 Å². The van der Waals surface area contributed by atoms with Crippen LogP contribution in [0.1, 0.15) is 12.5 Å². The summed E-state index contributed by atoms with van der Waals surface area (Å²) >= 11 is 0. The maximum Gasteiger partial charge on any atom is 0.277 e. The number of rotatable bonds is 5. The molecular weight excluding hydrogens is 266 g/mol. The van der Waals surface area contributed by atoms with Gasteiger partial charge in [0, 0.05) is 5.69 Å². The molecule has 0 unspecified atom stereocenters. The number of hydrogen-bond donors (Lipinski definition) is 2. The Bertz CT molecular complexity index is 622. The van der Waals surface area contributed by atoms with E-state index in [-0.39, 0.29) is 12.5 Å². The van der Waals surface area contributed by atoms with E-state index in [0.29, 0.717) is 17.1 Å². The van der Waals surface area contributed by atoms with Crippen molar-refractivity contribution in [2.75, 3.05) is 12.3 Å². The number of nitrogens with two attached hydrogens (primary N) is 1. The molecule has 0 fully saturated rings. The fraction of sp³-hybridized carbons (Fsp3) is 0.125. The number of carbonyl (C=O) groups is 1. The highest BCUT2D eigenvalue weighted by molar-refractivity contribution is 5.99. The van der Waals surface area contributed by atoms with Crippen LogP contribution in [-0.2, 0) is 4.79 Å². The molecule has 0 aliphatic rings. The van der Waals surface area contributed by atoms with E-state index in [4.69, 9.17) is 10.5 Å². The van der Waals surface area contributed by atoms with Crippen LogP contribution < -0.4 is 15.9 Å². The van der Waals surface area contributed by atoms with Crippen molar-refractivity contribution in [1.82, 2.24) is 5.43 Å². The van der Waals surface area contributed by atoms with Crippen molar-refractivity contribution in [3.05, 3.63) is 60.2 Å². The largest absolute Gasteiger partial charge is 0.484 e. The molecule has 108 valence electrons. The van der Waals surface area contributed by atoms with Crippen molar-refractivity contribution in [2.45, 2.75) is 6.92 Å². The first-order chi connectivity index (χ1) is 10.1. The average Bonchev–Trinajstić information content (AvgIpc) is 2.52. The lowest BCUT2D eigenvalue weighted by Gasteiger charge is -2.05. The van der Waals surface area contributed by atoms with Gasteiger partial charge in [0.2, 0.25) is 0 Å². The Morgan fingerprint density at radius 2 is 1.81 bits per heavy atom. The third-order valence-electron chi connectivity index (χ3n) is 2.79. The Morgan fingerprint density at radius 3 is 2.48 bits per heavy atom. The monoisotopic (exact) mass is 283 g/mol. The zero-order valence-electron chi connectivity index (χ0n) is 11.7. The molecule has 21 heavy (non-hydrogen) atoms. The second-order valence-corrected chi connectivity index (χ2v) is 4.46. The molecule has 2 aromatic carbocycles. The van der Waals surface area contributed by atoms with Crippen LogP contribution in [0, 0.1) is 0 Å². The van der Waals surface area contributed by atoms with Crippen LogP contribution in [0.3, 0.4) is 0 Å². The summed E-state index contributed by atoms with van der Waals surface area (Å²) in [5.74, 6) is 0.334. The predicted molar refractivity (Wildman–Crippen MR) is 83.1 cm³/mol. The van der Waals surface area contributed by atoms with Crippen molar-refractivity contribution < 1.29 is 9.53 Å². The van der Waals surface area contributed by atoms with Crippen molar-refractivity contribution >= 4 is 17.3 Å². The minimum absolute atomic E-state index is 0.0808. The third-order valence-corrected chi connectivity index (χ3v) is 2.79. The van der Waals surface area contributed by atoms with Gasteiger partial charge in [-0.3, -0.25) is 4.79 Å². The number of benzene rings is 2. The molecule has 0 aliphatic heterocycles. The Kier molecular flexibility index (Phi) is 4.93. The number of nitrogen functional groups attached to an aromatic ring is 1. The van der Waals surface area contributed by atoms with Crippen LogP contribution in [0.15, 0.2) is 59.7 Å². The van der Waals surface area contributed by atoms with Crippen LogP contribution in [0.4, 0.5) is 5.69 Å². The van der Waals surface area contributed by atoms with Gasteiger partial charge < -0.3 is 10.5 Å².